The average molecular weight is 401 g/mol. The number of pyridine rings is 1. The smallest absolute Gasteiger partial charge is 0.406 e. The Kier molecular flexibility index (Phi) is 5.30. The van der Waals surface area contributed by atoms with Crippen molar-refractivity contribution in [3.8, 4) is 17.1 Å². The second-order valence-electron chi connectivity index (χ2n) is 6.53. The van der Waals surface area contributed by atoms with E-state index in [2.05, 4.69) is 30.3 Å². The largest absolute Gasteiger partial charge is 0.573 e. The minimum Gasteiger partial charge on any atom is -0.406 e. The summed E-state index contributed by atoms with van der Waals surface area (Å²) in [6.45, 7) is 1.90. The van der Waals surface area contributed by atoms with E-state index in [1.165, 1.54) is 12.1 Å². The van der Waals surface area contributed by atoms with E-state index < -0.39 is 6.36 Å². The quantitative estimate of drug-likeness (QED) is 0.679. The maximum atomic E-state index is 12.3. The van der Waals surface area contributed by atoms with Crippen LogP contribution in [0.25, 0.3) is 11.4 Å². The molecule has 0 aliphatic carbocycles. The van der Waals surface area contributed by atoms with Crippen LogP contribution in [-0.4, -0.2) is 27.9 Å². The molecule has 0 atom stereocenters. The molecule has 2 N–H and O–H groups in total. The Morgan fingerprint density at radius 3 is 2.66 bits per heavy atom. The lowest BCUT2D eigenvalue weighted by Crippen LogP contribution is -2.26. The van der Waals surface area contributed by atoms with Crippen molar-refractivity contribution in [3.63, 3.8) is 0 Å². The van der Waals surface area contributed by atoms with Crippen LogP contribution in [-0.2, 0) is 19.5 Å². The lowest BCUT2D eigenvalue weighted by atomic mass is 10.1. The van der Waals surface area contributed by atoms with E-state index in [4.69, 9.17) is 0 Å². The molecule has 0 fully saturated rings. The van der Waals surface area contributed by atoms with E-state index in [-0.39, 0.29) is 5.75 Å². The number of rotatable bonds is 5. The number of hydrogen-bond donors (Lipinski definition) is 2. The molecule has 1 aliphatic heterocycles. The van der Waals surface area contributed by atoms with E-state index in [1.54, 1.807) is 24.5 Å². The lowest BCUT2D eigenvalue weighted by molar-refractivity contribution is -0.274. The van der Waals surface area contributed by atoms with Gasteiger partial charge in [-0.2, -0.15) is 0 Å². The zero-order valence-electron chi connectivity index (χ0n) is 15.3. The third-order valence-corrected chi connectivity index (χ3v) is 4.47. The van der Waals surface area contributed by atoms with Crippen molar-refractivity contribution in [1.29, 1.82) is 0 Å². The highest BCUT2D eigenvalue weighted by Gasteiger charge is 2.30. The van der Waals surface area contributed by atoms with Gasteiger partial charge in [-0.25, -0.2) is 9.97 Å². The van der Waals surface area contributed by atoms with Crippen molar-refractivity contribution in [1.82, 2.24) is 20.3 Å². The third-order valence-electron chi connectivity index (χ3n) is 4.47. The molecule has 29 heavy (non-hydrogen) atoms. The van der Waals surface area contributed by atoms with E-state index >= 15 is 0 Å². The Morgan fingerprint density at radius 2 is 1.93 bits per heavy atom. The highest BCUT2D eigenvalue weighted by Crippen LogP contribution is 2.26. The van der Waals surface area contributed by atoms with Gasteiger partial charge in [-0.1, -0.05) is 12.1 Å². The molecule has 0 radical (unpaired) electrons. The first-order valence-corrected chi connectivity index (χ1v) is 9.07. The van der Waals surface area contributed by atoms with Crippen molar-refractivity contribution in [2.75, 3.05) is 11.9 Å². The highest BCUT2D eigenvalue weighted by molar-refractivity contribution is 5.59. The first kappa shape index (κ1) is 19.1. The van der Waals surface area contributed by atoms with E-state index in [1.807, 2.05) is 12.1 Å². The van der Waals surface area contributed by atoms with E-state index in [0.29, 0.717) is 18.9 Å². The number of hydrogen-bond acceptors (Lipinski definition) is 6. The summed E-state index contributed by atoms with van der Waals surface area (Å²) in [7, 11) is 0. The van der Waals surface area contributed by atoms with Gasteiger partial charge in [-0.15, -0.1) is 13.2 Å². The third kappa shape index (κ3) is 4.80. The van der Waals surface area contributed by atoms with Gasteiger partial charge in [0.15, 0.2) is 5.82 Å². The number of aromatic nitrogens is 3. The minimum atomic E-state index is -4.70. The Hall–Kier alpha value is -3.20. The Morgan fingerprint density at radius 1 is 1.10 bits per heavy atom. The predicted octanol–water partition coefficient (Wildman–Crippen LogP) is 3.70. The van der Waals surface area contributed by atoms with Gasteiger partial charge in [0.05, 0.1) is 5.69 Å². The zero-order valence-corrected chi connectivity index (χ0v) is 15.3. The van der Waals surface area contributed by atoms with Crippen molar-refractivity contribution in [2.45, 2.75) is 25.9 Å². The number of nitrogens with zero attached hydrogens (tertiary/aromatic N) is 3. The van der Waals surface area contributed by atoms with Gasteiger partial charge in [0, 0.05) is 36.6 Å². The lowest BCUT2D eigenvalue weighted by Gasteiger charge is -2.21. The molecule has 3 heterocycles. The maximum Gasteiger partial charge on any atom is 0.573 e. The average Bonchev–Trinajstić information content (AvgIpc) is 2.72. The molecule has 0 spiro atoms. The molecule has 1 aromatic carbocycles. The second-order valence-corrected chi connectivity index (χ2v) is 6.53. The van der Waals surface area contributed by atoms with Crippen LogP contribution in [0.15, 0.2) is 48.8 Å². The standard InChI is InChI=1S/C20H18F3N5O/c21-20(22,23)29-15-5-3-13(4-6-15)10-26-19-16-7-9-25-12-17(16)27-18(28-19)14-2-1-8-24-11-14/h1-6,8,11,25H,7,9-10,12H2,(H,26,27,28). The summed E-state index contributed by atoms with van der Waals surface area (Å²) in [6.07, 6.45) is -0.504. The summed E-state index contributed by atoms with van der Waals surface area (Å²) in [5, 5.41) is 6.61. The first-order valence-electron chi connectivity index (χ1n) is 9.07. The molecule has 2 aromatic heterocycles. The molecule has 1 aliphatic rings. The van der Waals surface area contributed by atoms with Crippen LogP contribution in [0.2, 0.25) is 0 Å². The summed E-state index contributed by atoms with van der Waals surface area (Å²) in [6, 6.07) is 9.49. The number of halogens is 3. The van der Waals surface area contributed by atoms with Crippen molar-refractivity contribution >= 4 is 5.82 Å². The normalized spacial score (nSPS) is 13.6. The zero-order chi connectivity index (χ0) is 20.3. The summed E-state index contributed by atoms with van der Waals surface area (Å²) < 4.78 is 40.8. The van der Waals surface area contributed by atoms with E-state index in [9.17, 15) is 13.2 Å². The summed E-state index contributed by atoms with van der Waals surface area (Å²) in [5.74, 6) is 1.06. The van der Waals surface area contributed by atoms with Gasteiger partial charge >= 0.3 is 6.36 Å². The number of alkyl halides is 3. The highest BCUT2D eigenvalue weighted by atomic mass is 19.4. The fraction of sp³-hybridized carbons (Fsp3) is 0.250. The van der Waals surface area contributed by atoms with Gasteiger partial charge in [0.2, 0.25) is 0 Å². The second kappa shape index (κ2) is 8.04. The molecule has 6 nitrogen and oxygen atoms in total. The Labute approximate surface area is 165 Å². The summed E-state index contributed by atoms with van der Waals surface area (Å²) in [5.41, 5.74) is 3.61. The Bertz CT molecular complexity index is 978. The van der Waals surface area contributed by atoms with Gasteiger partial charge < -0.3 is 15.4 Å². The van der Waals surface area contributed by atoms with Crippen molar-refractivity contribution in [2.24, 2.45) is 0 Å². The van der Waals surface area contributed by atoms with Crippen LogP contribution in [0.3, 0.4) is 0 Å². The topological polar surface area (TPSA) is 72.0 Å². The minimum absolute atomic E-state index is 0.245. The van der Waals surface area contributed by atoms with E-state index in [0.717, 1.165) is 41.2 Å². The molecule has 0 amide bonds. The summed E-state index contributed by atoms with van der Waals surface area (Å²) in [4.78, 5) is 13.5. The Balaban J connectivity index is 1.55. The predicted molar refractivity (Wildman–Crippen MR) is 101 cm³/mol. The maximum absolute atomic E-state index is 12.3. The molecular weight excluding hydrogens is 383 g/mol. The van der Waals surface area contributed by atoms with Gasteiger partial charge in [0.25, 0.3) is 0 Å². The van der Waals surface area contributed by atoms with Gasteiger partial charge in [-0.3, -0.25) is 4.98 Å². The summed E-state index contributed by atoms with van der Waals surface area (Å²) >= 11 is 0. The first-order chi connectivity index (χ1) is 14.0. The molecule has 9 heteroatoms. The SMILES string of the molecule is FC(F)(F)Oc1ccc(CNc2nc(-c3cccnc3)nc3c2CCNC3)cc1. The van der Waals surface area contributed by atoms with Crippen LogP contribution in [0.4, 0.5) is 19.0 Å². The van der Waals surface area contributed by atoms with Crippen LogP contribution in [0, 0.1) is 0 Å². The molecule has 0 unspecified atom stereocenters. The molecule has 0 bridgehead atoms. The fourth-order valence-electron chi connectivity index (χ4n) is 3.12. The molecule has 3 aromatic rings. The molecule has 150 valence electrons. The number of nitrogens with one attached hydrogen (secondary N) is 2. The number of benzene rings is 1. The number of anilines is 1. The van der Waals surface area contributed by atoms with Crippen LogP contribution < -0.4 is 15.4 Å². The number of ether oxygens (including phenoxy) is 1. The van der Waals surface area contributed by atoms with Crippen molar-refractivity contribution < 1.29 is 17.9 Å². The molecular formula is C20H18F3N5O. The van der Waals surface area contributed by atoms with Crippen LogP contribution in [0.1, 0.15) is 16.8 Å². The van der Waals surface area contributed by atoms with Gasteiger partial charge in [0.1, 0.15) is 11.6 Å². The molecule has 4 rings (SSSR count). The fourth-order valence-corrected chi connectivity index (χ4v) is 3.12. The molecule has 0 saturated carbocycles. The molecule has 0 saturated heterocycles. The van der Waals surface area contributed by atoms with Crippen LogP contribution in [0.5, 0.6) is 5.75 Å². The van der Waals surface area contributed by atoms with Crippen molar-refractivity contribution in [3.05, 3.63) is 65.6 Å². The van der Waals surface area contributed by atoms with Crippen LogP contribution >= 0.6 is 0 Å². The monoisotopic (exact) mass is 401 g/mol. The van der Waals surface area contributed by atoms with Gasteiger partial charge in [-0.05, 0) is 42.8 Å². The number of fused-ring (bicyclic) bond motifs is 1.